The molecule has 0 N–H and O–H groups in total. The highest BCUT2D eigenvalue weighted by atomic mass is 16.5. The van der Waals surface area contributed by atoms with Crippen molar-refractivity contribution < 1.29 is 14.3 Å². The minimum absolute atomic E-state index is 0.153. The molecule has 0 unspecified atom stereocenters. The van der Waals surface area contributed by atoms with Gasteiger partial charge in [0, 0.05) is 13.0 Å². The van der Waals surface area contributed by atoms with Gasteiger partial charge in [-0.2, -0.15) is 0 Å². The molecule has 1 heterocycles. The molecule has 4 nitrogen and oxygen atoms in total. The van der Waals surface area contributed by atoms with Crippen molar-refractivity contribution in [2.24, 2.45) is 0 Å². The maximum Gasteiger partial charge on any atom is 0.338 e. The largest absolute Gasteiger partial charge is 0.460 e. The smallest absolute Gasteiger partial charge is 0.338 e. The van der Waals surface area contributed by atoms with Crippen molar-refractivity contribution >= 4 is 11.9 Å². The first-order valence-corrected chi connectivity index (χ1v) is 5.77. The van der Waals surface area contributed by atoms with Gasteiger partial charge in [0.15, 0.2) is 0 Å². The van der Waals surface area contributed by atoms with Crippen molar-refractivity contribution in [2.75, 3.05) is 19.7 Å². The van der Waals surface area contributed by atoms with Crippen LogP contribution in [0.2, 0.25) is 0 Å². The summed E-state index contributed by atoms with van der Waals surface area (Å²) >= 11 is 0. The monoisotopic (exact) mass is 233 g/mol. The molecule has 0 spiro atoms. The Morgan fingerprint density at radius 3 is 2.71 bits per heavy atom. The van der Waals surface area contributed by atoms with Crippen LogP contribution in [0.3, 0.4) is 0 Å². The maximum atomic E-state index is 11.6. The summed E-state index contributed by atoms with van der Waals surface area (Å²) in [6.45, 7) is 1.54. The molecule has 1 aromatic carbocycles. The molecule has 1 aromatic rings. The molecule has 0 aromatic heterocycles. The van der Waals surface area contributed by atoms with Crippen LogP contribution in [0.1, 0.15) is 23.2 Å². The molecular formula is C13H15NO3. The fourth-order valence-electron chi connectivity index (χ4n) is 1.85. The Labute approximate surface area is 100 Å². The fourth-order valence-corrected chi connectivity index (χ4v) is 1.85. The Balaban J connectivity index is 1.75. The van der Waals surface area contributed by atoms with E-state index in [1.807, 2.05) is 6.07 Å². The topological polar surface area (TPSA) is 46.6 Å². The lowest BCUT2D eigenvalue weighted by molar-refractivity contribution is -0.128. The lowest BCUT2D eigenvalue weighted by atomic mass is 10.2. The Morgan fingerprint density at radius 2 is 2.06 bits per heavy atom. The van der Waals surface area contributed by atoms with E-state index in [1.165, 1.54) is 0 Å². The van der Waals surface area contributed by atoms with Crippen molar-refractivity contribution in [1.82, 2.24) is 4.90 Å². The van der Waals surface area contributed by atoms with Crippen LogP contribution in [-0.2, 0) is 9.53 Å². The van der Waals surface area contributed by atoms with Crippen molar-refractivity contribution in [3.05, 3.63) is 35.9 Å². The summed E-state index contributed by atoms with van der Waals surface area (Å²) in [6.07, 6.45) is 1.53. The minimum Gasteiger partial charge on any atom is -0.460 e. The normalized spacial score (nSPS) is 15.1. The van der Waals surface area contributed by atoms with E-state index in [0.29, 0.717) is 18.5 Å². The summed E-state index contributed by atoms with van der Waals surface area (Å²) in [5, 5.41) is 0. The van der Waals surface area contributed by atoms with Crippen molar-refractivity contribution in [2.45, 2.75) is 12.8 Å². The van der Waals surface area contributed by atoms with Gasteiger partial charge in [-0.1, -0.05) is 18.2 Å². The molecule has 1 aliphatic rings. The first-order chi connectivity index (χ1) is 8.27. The van der Waals surface area contributed by atoms with Gasteiger partial charge in [-0.25, -0.2) is 4.79 Å². The van der Waals surface area contributed by atoms with E-state index in [-0.39, 0.29) is 18.5 Å². The summed E-state index contributed by atoms with van der Waals surface area (Å²) in [6, 6.07) is 8.85. The molecule has 17 heavy (non-hydrogen) atoms. The van der Waals surface area contributed by atoms with Crippen LogP contribution in [-0.4, -0.2) is 36.5 Å². The third-order valence-electron chi connectivity index (χ3n) is 2.78. The molecule has 0 aliphatic carbocycles. The summed E-state index contributed by atoms with van der Waals surface area (Å²) < 4.78 is 5.11. The summed E-state index contributed by atoms with van der Waals surface area (Å²) in [4.78, 5) is 24.6. The second-order valence-electron chi connectivity index (χ2n) is 3.99. The average molecular weight is 233 g/mol. The van der Waals surface area contributed by atoms with E-state index >= 15 is 0 Å². The third kappa shape index (κ3) is 3.06. The molecule has 1 amide bonds. The number of amides is 1. The van der Waals surface area contributed by atoms with Crippen LogP contribution < -0.4 is 0 Å². The number of likely N-dealkylation sites (tertiary alicyclic amines) is 1. The lowest BCUT2D eigenvalue weighted by Gasteiger charge is -2.15. The van der Waals surface area contributed by atoms with E-state index in [1.54, 1.807) is 29.2 Å². The minimum atomic E-state index is -0.336. The second kappa shape index (κ2) is 5.48. The van der Waals surface area contributed by atoms with Gasteiger partial charge in [0.1, 0.15) is 6.61 Å². The predicted molar refractivity (Wildman–Crippen MR) is 62.5 cm³/mol. The molecule has 0 radical (unpaired) electrons. The number of hydrogen-bond acceptors (Lipinski definition) is 3. The quantitative estimate of drug-likeness (QED) is 0.740. The van der Waals surface area contributed by atoms with Gasteiger partial charge in [0.2, 0.25) is 5.91 Å². The number of nitrogens with zero attached hydrogens (tertiary/aromatic N) is 1. The van der Waals surface area contributed by atoms with E-state index in [4.69, 9.17) is 4.74 Å². The summed E-state index contributed by atoms with van der Waals surface area (Å²) in [5.74, 6) is -0.182. The Morgan fingerprint density at radius 1 is 1.29 bits per heavy atom. The summed E-state index contributed by atoms with van der Waals surface area (Å²) in [5.41, 5.74) is 0.542. The van der Waals surface area contributed by atoms with Gasteiger partial charge in [-0.3, -0.25) is 4.79 Å². The average Bonchev–Trinajstić information content (AvgIpc) is 2.76. The molecule has 0 bridgehead atoms. The van der Waals surface area contributed by atoms with Crippen LogP contribution in [0.15, 0.2) is 30.3 Å². The van der Waals surface area contributed by atoms with Gasteiger partial charge in [0.25, 0.3) is 0 Å². The highest BCUT2D eigenvalue weighted by Gasteiger charge is 2.19. The molecule has 0 saturated carbocycles. The number of esters is 1. The Hall–Kier alpha value is -1.84. The highest BCUT2D eigenvalue weighted by molar-refractivity contribution is 5.89. The molecule has 1 saturated heterocycles. The first-order valence-electron chi connectivity index (χ1n) is 5.77. The van der Waals surface area contributed by atoms with Crippen molar-refractivity contribution in [1.29, 1.82) is 0 Å². The van der Waals surface area contributed by atoms with Gasteiger partial charge in [-0.05, 0) is 18.6 Å². The molecule has 2 rings (SSSR count). The fraction of sp³-hybridized carbons (Fsp3) is 0.385. The lowest BCUT2D eigenvalue weighted by Crippen LogP contribution is -2.29. The third-order valence-corrected chi connectivity index (χ3v) is 2.78. The molecule has 1 aliphatic heterocycles. The number of carbonyl (C=O) groups excluding carboxylic acids is 2. The number of ether oxygens (including phenoxy) is 1. The SMILES string of the molecule is O=C(OCCN1CCCC1=O)c1ccccc1. The Bertz CT molecular complexity index is 402. The zero-order valence-corrected chi connectivity index (χ0v) is 9.59. The van der Waals surface area contributed by atoms with Crippen LogP contribution in [0.5, 0.6) is 0 Å². The zero-order chi connectivity index (χ0) is 12.1. The second-order valence-corrected chi connectivity index (χ2v) is 3.99. The summed E-state index contributed by atoms with van der Waals surface area (Å²) in [7, 11) is 0. The van der Waals surface area contributed by atoms with Crippen molar-refractivity contribution in [3.8, 4) is 0 Å². The molecule has 90 valence electrons. The highest BCUT2D eigenvalue weighted by Crippen LogP contribution is 2.09. The molecule has 4 heteroatoms. The number of hydrogen-bond donors (Lipinski definition) is 0. The van der Waals surface area contributed by atoms with Crippen LogP contribution in [0, 0.1) is 0 Å². The molecule has 0 atom stereocenters. The first kappa shape index (κ1) is 11.6. The maximum absolute atomic E-state index is 11.6. The van der Waals surface area contributed by atoms with E-state index in [2.05, 4.69) is 0 Å². The van der Waals surface area contributed by atoms with Gasteiger partial charge in [-0.15, -0.1) is 0 Å². The van der Waals surface area contributed by atoms with Crippen LogP contribution in [0.25, 0.3) is 0 Å². The van der Waals surface area contributed by atoms with E-state index in [9.17, 15) is 9.59 Å². The van der Waals surface area contributed by atoms with Gasteiger partial charge >= 0.3 is 5.97 Å². The molecular weight excluding hydrogens is 218 g/mol. The predicted octanol–water partition coefficient (Wildman–Crippen LogP) is 1.47. The zero-order valence-electron chi connectivity index (χ0n) is 9.59. The number of rotatable bonds is 4. The number of carbonyl (C=O) groups is 2. The van der Waals surface area contributed by atoms with E-state index in [0.717, 1.165) is 13.0 Å². The van der Waals surface area contributed by atoms with Crippen LogP contribution >= 0.6 is 0 Å². The van der Waals surface area contributed by atoms with Crippen LogP contribution in [0.4, 0.5) is 0 Å². The van der Waals surface area contributed by atoms with Crippen molar-refractivity contribution in [3.63, 3.8) is 0 Å². The molecule has 1 fully saturated rings. The van der Waals surface area contributed by atoms with Gasteiger partial charge in [0.05, 0.1) is 12.1 Å². The van der Waals surface area contributed by atoms with Gasteiger partial charge < -0.3 is 9.64 Å². The van der Waals surface area contributed by atoms with E-state index < -0.39 is 0 Å². The number of benzene rings is 1. The standard InChI is InChI=1S/C13H15NO3/c15-12-7-4-8-14(12)9-10-17-13(16)11-5-2-1-3-6-11/h1-3,5-6H,4,7-10H2. The Kier molecular flexibility index (Phi) is 3.75.